The Morgan fingerprint density at radius 3 is 2.39 bits per heavy atom. The van der Waals surface area contributed by atoms with Crippen molar-refractivity contribution >= 4 is 15.5 Å². The zero-order chi connectivity index (χ0) is 13.6. The molecule has 4 nitrogen and oxygen atoms in total. The summed E-state index contributed by atoms with van der Waals surface area (Å²) in [7, 11) is -1.19. The number of unbranched alkanes of at least 4 members (excludes halogenated alkanes) is 1. The van der Waals surface area contributed by atoms with Gasteiger partial charge in [0, 0.05) is 25.7 Å². The lowest BCUT2D eigenvalue weighted by molar-refractivity contribution is 0.597. The van der Waals surface area contributed by atoms with Crippen molar-refractivity contribution in [3.05, 3.63) is 24.3 Å². The molecule has 0 unspecified atom stereocenters. The van der Waals surface area contributed by atoms with Gasteiger partial charge in [0.05, 0.1) is 16.7 Å². The SMILES string of the molecule is CCS(=O)(=O)c1ccc(N(C)CCCC#N)cc1. The number of hydrogen-bond donors (Lipinski definition) is 0. The number of benzene rings is 1. The van der Waals surface area contributed by atoms with Gasteiger partial charge < -0.3 is 4.90 Å². The highest BCUT2D eigenvalue weighted by atomic mass is 32.2. The van der Waals surface area contributed by atoms with Gasteiger partial charge in [0.15, 0.2) is 9.84 Å². The Bertz CT molecular complexity index is 515. The third kappa shape index (κ3) is 3.74. The summed E-state index contributed by atoms with van der Waals surface area (Å²) in [6, 6.07) is 8.97. The first-order valence-corrected chi connectivity index (χ1v) is 7.57. The van der Waals surface area contributed by atoms with E-state index in [4.69, 9.17) is 5.26 Å². The summed E-state index contributed by atoms with van der Waals surface area (Å²) in [4.78, 5) is 2.37. The van der Waals surface area contributed by atoms with E-state index in [1.54, 1.807) is 31.2 Å². The van der Waals surface area contributed by atoms with E-state index in [0.29, 0.717) is 11.3 Å². The number of nitriles is 1. The number of hydrogen-bond acceptors (Lipinski definition) is 4. The van der Waals surface area contributed by atoms with Crippen LogP contribution in [0.2, 0.25) is 0 Å². The molecule has 0 aliphatic rings. The molecule has 0 N–H and O–H groups in total. The van der Waals surface area contributed by atoms with Crippen molar-refractivity contribution in [1.29, 1.82) is 5.26 Å². The first-order chi connectivity index (χ1) is 8.51. The normalized spacial score (nSPS) is 10.9. The fourth-order valence-corrected chi connectivity index (χ4v) is 2.48. The van der Waals surface area contributed by atoms with E-state index in [2.05, 4.69) is 6.07 Å². The van der Waals surface area contributed by atoms with Crippen LogP contribution in [0.15, 0.2) is 29.2 Å². The maximum absolute atomic E-state index is 11.6. The second-order valence-corrected chi connectivity index (χ2v) is 6.36. The van der Waals surface area contributed by atoms with Gasteiger partial charge in [-0.2, -0.15) is 5.26 Å². The average Bonchev–Trinajstić information content (AvgIpc) is 2.39. The minimum absolute atomic E-state index is 0.115. The van der Waals surface area contributed by atoms with Gasteiger partial charge in [0.2, 0.25) is 0 Å². The van der Waals surface area contributed by atoms with Crippen LogP contribution in [0, 0.1) is 11.3 Å². The Balaban J connectivity index is 2.74. The molecule has 0 aliphatic heterocycles. The van der Waals surface area contributed by atoms with Crippen molar-refractivity contribution in [2.24, 2.45) is 0 Å². The smallest absolute Gasteiger partial charge is 0.178 e. The number of anilines is 1. The Kier molecular flexibility index (Phi) is 5.17. The molecule has 5 heteroatoms. The Labute approximate surface area is 109 Å². The highest BCUT2D eigenvalue weighted by Crippen LogP contribution is 2.18. The summed E-state index contributed by atoms with van der Waals surface area (Å²) >= 11 is 0. The maximum Gasteiger partial charge on any atom is 0.178 e. The largest absolute Gasteiger partial charge is 0.375 e. The van der Waals surface area contributed by atoms with Gasteiger partial charge in [-0.05, 0) is 30.7 Å². The van der Waals surface area contributed by atoms with E-state index in [1.807, 2.05) is 11.9 Å². The second kappa shape index (κ2) is 6.41. The lowest BCUT2D eigenvalue weighted by atomic mass is 10.2. The number of nitrogens with zero attached hydrogens (tertiary/aromatic N) is 2. The van der Waals surface area contributed by atoms with Crippen LogP contribution in [0.3, 0.4) is 0 Å². The van der Waals surface area contributed by atoms with Crippen molar-refractivity contribution in [2.75, 3.05) is 24.2 Å². The molecule has 0 fully saturated rings. The van der Waals surface area contributed by atoms with Crippen LogP contribution in [-0.2, 0) is 9.84 Å². The minimum atomic E-state index is -3.12. The van der Waals surface area contributed by atoms with E-state index in [9.17, 15) is 8.42 Å². The lowest BCUT2D eigenvalue weighted by Crippen LogP contribution is -2.18. The first kappa shape index (κ1) is 14.5. The van der Waals surface area contributed by atoms with Crippen LogP contribution in [0.1, 0.15) is 19.8 Å². The highest BCUT2D eigenvalue weighted by molar-refractivity contribution is 7.91. The van der Waals surface area contributed by atoms with Crippen LogP contribution < -0.4 is 4.90 Å². The van der Waals surface area contributed by atoms with Gasteiger partial charge >= 0.3 is 0 Å². The maximum atomic E-state index is 11.6. The average molecular weight is 266 g/mol. The molecule has 0 atom stereocenters. The molecule has 98 valence electrons. The number of rotatable bonds is 6. The zero-order valence-electron chi connectivity index (χ0n) is 10.8. The summed E-state index contributed by atoms with van der Waals surface area (Å²) in [5.74, 6) is 0.115. The summed E-state index contributed by atoms with van der Waals surface area (Å²) in [5.41, 5.74) is 0.961. The van der Waals surface area contributed by atoms with Crippen LogP contribution in [0.25, 0.3) is 0 Å². The topological polar surface area (TPSA) is 61.2 Å². The lowest BCUT2D eigenvalue weighted by Gasteiger charge is -2.18. The molecule has 0 spiro atoms. The molecule has 18 heavy (non-hydrogen) atoms. The van der Waals surface area contributed by atoms with Crippen LogP contribution >= 0.6 is 0 Å². The Morgan fingerprint density at radius 1 is 1.28 bits per heavy atom. The van der Waals surface area contributed by atoms with Gasteiger partial charge in [-0.25, -0.2) is 8.42 Å². The predicted octanol–water partition coefficient (Wildman–Crippen LogP) is 2.22. The predicted molar refractivity (Wildman–Crippen MR) is 72.3 cm³/mol. The van der Waals surface area contributed by atoms with Gasteiger partial charge in [0.1, 0.15) is 0 Å². The summed E-state index contributed by atoms with van der Waals surface area (Å²) in [5, 5.41) is 8.47. The van der Waals surface area contributed by atoms with E-state index in [0.717, 1.165) is 18.7 Å². The fraction of sp³-hybridized carbons (Fsp3) is 0.462. The van der Waals surface area contributed by atoms with Crippen molar-refractivity contribution in [2.45, 2.75) is 24.7 Å². The van der Waals surface area contributed by atoms with Gasteiger partial charge in [-0.3, -0.25) is 0 Å². The van der Waals surface area contributed by atoms with Crippen molar-refractivity contribution in [3.8, 4) is 6.07 Å². The summed E-state index contributed by atoms with van der Waals surface area (Å²) in [6.07, 6.45) is 1.34. The molecule has 0 saturated carbocycles. The molecule has 0 aliphatic carbocycles. The molecule has 0 aromatic heterocycles. The fourth-order valence-electron chi connectivity index (χ4n) is 1.60. The zero-order valence-corrected chi connectivity index (χ0v) is 11.6. The quantitative estimate of drug-likeness (QED) is 0.741. The van der Waals surface area contributed by atoms with E-state index >= 15 is 0 Å². The van der Waals surface area contributed by atoms with E-state index in [-0.39, 0.29) is 5.75 Å². The molecule has 0 bridgehead atoms. The van der Waals surface area contributed by atoms with Crippen LogP contribution in [-0.4, -0.2) is 27.8 Å². The molecular formula is C13H18N2O2S. The summed E-state index contributed by atoms with van der Waals surface area (Å²) < 4.78 is 23.3. The second-order valence-electron chi connectivity index (χ2n) is 4.08. The van der Waals surface area contributed by atoms with Gasteiger partial charge in [-0.1, -0.05) is 6.92 Å². The molecule has 0 radical (unpaired) electrons. The van der Waals surface area contributed by atoms with Crippen LogP contribution in [0.4, 0.5) is 5.69 Å². The minimum Gasteiger partial charge on any atom is -0.375 e. The first-order valence-electron chi connectivity index (χ1n) is 5.92. The number of sulfone groups is 1. The molecule has 1 rings (SSSR count). The Hall–Kier alpha value is -1.54. The monoisotopic (exact) mass is 266 g/mol. The van der Waals surface area contributed by atoms with Crippen molar-refractivity contribution in [1.82, 2.24) is 0 Å². The third-order valence-electron chi connectivity index (χ3n) is 2.80. The summed E-state index contributed by atoms with van der Waals surface area (Å²) in [6.45, 7) is 2.42. The van der Waals surface area contributed by atoms with Crippen molar-refractivity contribution < 1.29 is 8.42 Å². The van der Waals surface area contributed by atoms with E-state index in [1.165, 1.54) is 0 Å². The highest BCUT2D eigenvalue weighted by Gasteiger charge is 2.11. The molecular weight excluding hydrogens is 248 g/mol. The van der Waals surface area contributed by atoms with Crippen LogP contribution in [0.5, 0.6) is 0 Å². The van der Waals surface area contributed by atoms with Crippen molar-refractivity contribution in [3.63, 3.8) is 0 Å². The van der Waals surface area contributed by atoms with E-state index < -0.39 is 9.84 Å². The standard InChI is InChI=1S/C13H18N2O2S/c1-3-18(16,17)13-8-6-12(7-9-13)15(2)11-5-4-10-14/h6-9H,3-5,11H2,1-2H3. The third-order valence-corrected chi connectivity index (χ3v) is 4.55. The van der Waals surface area contributed by atoms with Gasteiger partial charge in [-0.15, -0.1) is 0 Å². The molecule has 1 aromatic rings. The molecule has 0 saturated heterocycles. The molecule has 0 amide bonds. The van der Waals surface area contributed by atoms with Gasteiger partial charge in [0.25, 0.3) is 0 Å². The molecule has 1 aromatic carbocycles. The molecule has 0 heterocycles. The Morgan fingerprint density at radius 2 is 1.89 bits per heavy atom.